The number of allylic oxidation sites excluding steroid dienone is 2. The first kappa shape index (κ1) is 39.0. The third-order valence-corrected chi connectivity index (χ3v) is 12.0. The predicted octanol–water partition coefficient (Wildman–Crippen LogP) is 14.8. The lowest BCUT2D eigenvalue weighted by atomic mass is 9.81. The van der Waals surface area contributed by atoms with Crippen LogP contribution in [0.15, 0.2) is 133 Å². The summed E-state index contributed by atoms with van der Waals surface area (Å²) in [6.45, 7) is 25.8. The molecule has 2 aromatic heterocycles. The number of hydrogen-bond acceptors (Lipinski definition) is 4. The number of anilines is 2. The Hall–Kier alpha value is -5.81. The van der Waals surface area contributed by atoms with E-state index in [1.165, 1.54) is 61.2 Å². The zero-order valence-electron chi connectivity index (χ0n) is 36.2. The fraction of sp³-hybridized carbons (Fsp3) is 0.302. The number of fused-ring (bicyclic) bond motifs is 3. The van der Waals surface area contributed by atoms with E-state index >= 15 is 0 Å². The molecule has 0 amide bonds. The van der Waals surface area contributed by atoms with Crippen LogP contribution < -0.4 is 14.5 Å². The SMILES string of the molecule is CC1=C(C)N(c2cccc(-c3c(C(C)C)cc(C(C)C)cc3C(C)C)c2)CN1c1cccc(Oc2ccc3c4ccccc4n(-c4cc(C(C)(C)C)ccn4)c3c2)c1. The average Bonchev–Trinajstić information content (AvgIpc) is 3.69. The highest BCUT2D eigenvalue weighted by Crippen LogP contribution is 2.42. The lowest BCUT2D eigenvalue weighted by molar-refractivity contribution is 0.483. The third-order valence-electron chi connectivity index (χ3n) is 12.0. The van der Waals surface area contributed by atoms with E-state index in [1.54, 1.807) is 0 Å². The van der Waals surface area contributed by atoms with Crippen molar-refractivity contribution in [1.29, 1.82) is 0 Å². The zero-order chi connectivity index (χ0) is 41.0. The van der Waals surface area contributed by atoms with E-state index in [9.17, 15) is 0 Å². The summed E-state index contributed by atoms with van der Waals surface area (Å²) in [5.41, 5.74) is 15.2. The van der Waals surface area contributed by atoms with Gasteiger partial charge in [-0.2, -0.15) is 0 Å². The van der Waals surface area contributed by atoms with Crippen LogP contribution in [0.5, 0.6) is 11.5 Å². The minimum absolute atomic E-state index is 0.00730. The van der Waals surface area contributed by atoms with Crippen LogP contribution >= 0.6 is 0 Å². The highest BCUT2D eigenvalue weighted by Gasteiger charge is 2.27. The number of nitrogens with zero attached hydrogens (tertiary/aromatic N) is 4. The Kier molecular flexibility index (Phi) is 10.2. The second-order valence-corrected chi connectivity index (χ2v) is 18.0. The molecular weight excluding hydrogens is 709 g/mol. The minimum Gasteiger partial charge on any atom is -0.457 e. The molecule has 0 spiro atoms. The molecule has 0 bridgehead atoms. The molecular formula is C53H58N4O. The van der Waals surface area contributed by atoms with Crippen molar-refractivity contribution in [2.24, 2.45) is 0 Å². The Bertz CT molecular complexity index is 2660. The van der Waals surface area contributed by atoms with Gasteiger partial charge in [-0.25, -0.2) is 4.98 Å². The van der Waals surface area contributed by atoms with Crippen LogP contribution in [-0.2, 0) is 5.41 Å². The summed E-state index contributed by atoms with van der Waals surface area (Å²) in [6, 6.07) is 41.8. The number of ether oxygens (including phenoxy) is 1. The number of pyridine rings is 1. The van der Waals surface area contributed by atoms with E-state index in [1.807, 2.05) is 12.3 Å². The van der Waals surface area contributed by atoms with Gasteiger partial charge in [-0.1, -0.05) is 111 Å². The molecule has 1 aliphatic heterocycles. The molecule has 0 saturated carbocycles. The van der Waals surface area contributed by atoms with Gasteiger partial charge in [0.25, 0.3) is 0 Å². The maximum atomic E-state index is 6.68. The van der Waals surface area contributed by atoms with Crippen LogP contribution in [0.1, 0.15) is 116 Å². The molecule has 5 nitrogen and oxygen atoms in total. The maximum Gasteiger partial charge on any atom is 0.137 e. The third kappa shape index (κ3) is 7.16. The Balaban J connectivity index is 1.10. The Morgan fingerprint density at radius 2 is 1.21 bits per heavy atom. The highest BCUT2D eigenvalue weighted by molar-refractivity contribution is 6.09. The second-order valence-electron chi connectivity index (χ2n) is 18.0. The summed E-state index contributed by atoms with van der Waals surface area (Å²) in [5.74, 6) is 3.82. The molecule has 7 aromatic rings. The molecule has 3 heterocycles. The molecule has 0 radical (unpaired) electrons. The summed E-state index contributed by atoms with van der Waals surface area (Å²) < 4.78 is 8.95. The topological polar surface area (TPSA) is 33.5 Å². The first-order valence-electron chi connectivity index (χ1n) is 21.0. The van der Waals surface area contributed by atoms with E-state index in [0.717, 1.165) is 40.7 Å². The van der Waals surface area contributed by atoms with Crippen LogP contribution in [-0.4, -0.2) is 16.2 Å². The van der Waals surface area contributed by atoms with E-state index in [2.05, 4.69) is 200 Å². The van der Waals surface area contributed by atoms with Gasteiger partial charge in [0.2, 0.25) is 0 Å². The number of hydrogen-bond donors (Lipinski definition) is 0. The molecule has 5 heteroatoms. The first-order chi connectivity index (χ1) is 27.7. The van der Waals surface area contributed by atoms with Gasteiger partial charge in [-0.05, 0) is 125 Å². The second kappa shape index (κ2) is 15.2. The van der Waals surface area contributed by atoms with Gasteiger partial charge in [0.05, 0.1) is 17.7 Å². The van der Waals surface area contributed by atoms with E-state index < -0.39 is 0 Å². The Morgan fingerprint density at radius 1 is 0.586 bits per heavy atom. The fourth-order valence-corrected chi connectivity index (χ4v) is 8.53. The largest absolute Gasteiger partial charge is 0.457 e. The van der Waals surface area contributed by atoms with Crippen LogP contribution in [0.25, 0.3) is 38.8 Å². The predicted molar refractivity (Wildman–Crippen MR) is 246 cm³/mol. The number of aromatic nitrogens is 2. The minimum atomic E-state index is 0.00730. The van der Waals surface area contributed by atoms with Crippen LogP contribution in [0.3, 0.4) is 0 Å². The summed E-state index contributed by atoms with van der Waals surface area (Å²) in [7, 11) is 0. The molecule has 0 saturated heterocycles. The van der Waals surface area contributed by atoms with Crippen molar-refractivity contribution >= 4 is 33.2 Å². The maximum absolute atomic E-state index is 6.68. The van der Waals surface area contributed by atoms with Gasteiger partial charge in [0.15, 0.2) is 0 Å². The van der Waals surface area contributed by atoms with Gasteiger partial charge in [-0.3, -0.25) is 4.57 Å². The van der Waals surface area contributed by atoms with Gasteiger partial charge >= 0.3 is 0 Å². The number of rotatable bonds is 9. The summed E-state index contributed by atoms with van der Waals surface area (Å²) in [4.78, 5) is 9.69. The summed E-state index contributed by atoms with van der Waals surface area (Å²) >= 11 is 0. The van der Waals surface area contributed by atoms with Crippen LogP contribution in [0.2, 0.25) is 0 Å². The van der Waals surface area contributed by atoms with Crippen LogP contribution in [0.4, 0.5) is 11.4 Å². The van der Waals surface area contributed by atoms with Gasteiger partial charge in [-0.15, -0.1) is 0 Å². The molecule has 0 unspecified atom stereocenters. The van der Waals surface area contributed by atoms with E-state index in [-0.39, 0.29) is 5.41 Å². The molecule has 1 aliphatic rings. The summed E-state index contributed by atoms with van der Waals surface area (Å²) in [6.07, 6.45) is 1.92. The molecule has 0 N–H and O–H groups in total. The van der Waals surface area contributed by atoms with Gasteiger partial charge in [0.1, 0.15) is 17.3 Å². The lowest BCUT2D eigenvalue weighted by Crippen LogP contribution is -2.27. The van der Waals surface area contributed by atoms with Crippen molar-refractivity contribution in [3.05, 3.63) is 155 Å². The number of benzene rings is 5. The average molecular weight is 767 g/mol. The van der Waals surface area contributed by atoms with E-state index in [0.29, 0.717) is 17.8 Å². The van der Waals surface area contributed by atoms with Crippen molar-refractivity contribution < 1.29 is 4.74 Å². The zero-order valence-corrected chi connectivity index (χ0v) is 36.2. The molecule has 296 valence electrons. The quantitative estimate of drug-likeness (QED) is 0.147. The van der Waals surface area contributed by atoms with Crippen molar-refractivity contribution in [1.82, 2.24) is 9.55 Å². The molecule has 0 atom stereocenters. The smallest absolute Gasteiger partial charge is 0.137 e. The molecule has 0 aliphatic carbocycles. The van der Waals surface area contributed by atoms with Crippen molar-refractivity contribution in [2.75, 3.05) is 16.5 Å². The molecule has 8 rings (SSSR count). The van der Waals surface area contributed by atoms with Gasteiger partial charge in [0, 0.05) is 51.9 Å². The molecule has 58 heavy (non-hydrogen) atoms. The highest BCUT2D eigenvalue weighted by atomic mass is 16.5. The Labute approximate surface area is 345 Å². The summed E-state index contributed by atoms with van der Waals surface area (Å²) in [5, 5.41) is 2.37. The standard InChI is InChI=1S/C53H58N4O/c1-33(2)39-27-47(34(3)4)52(48(28-39)35(5)6)38-16-14-17-41(26-38)55-32-56(37(8)36(55)7)42-18-15-19-43(30-42)58-44-22-23-46-45-20-12-13-21-49(45)57(50(46)31-44)51-29-40(24-25-54-51)53(9,10)11/h12-31,33-35H,32H2,1-11H3. The van der Waals surface area contributed by atoms with Crippen LogP contribution in [0, 0.1) is 0 Å². The van der Waals surface area contributed by atoms with Crippen molar-refractivity contribution in [3.8, 4) is 28.4 Å². The molecule has 0 fully saturated rings. The Morgan fingerprint density at radius 3 is 1.86 bits per heavy atom. The molecule has 5 aromatic carbocycles. The fourth-order valence-electron chi connectivity index (χ4n) is 8.53. The monoisotopic (exact) mass is 766 g/mol. The number of para-hydroxylation sites is 1. The van der Waals surface area contributed by atoms with E-state index in [4.69, 9.17) is 9.72 Å². The normalized spacial score (nSPS) is 13.7. The lowest BCUT2D eigenvalue weighted by Gasteiger charge is -2.26. The van der Waals surface area contributed by atoms with Crippen molar-refractivity contribution in [2.45, 2.75) is 99.3 Å². The van der Waals surface area contributed by atoms with Gasteiger partial charge < -0.3 is 14.5 Å². The first-order valence-corrected chi connectivity index (χ1v) is 21.0. The van der Waals surface area contributed by atoms with Crippen molar-refractivity contribution in [3.63, 3.8) is 0 Å².